The monoisotopic (exact) mass is 382 g/mol. The average Bonchev–Trinajstić information content (AvgIpc) is 3.26. The highest BCUT2D eigenvalue weighted by Crippen LogP contribution is 2.26. The number of rotatable bonds is 5. The first kappa shape index (κ1) is 16.7. The zero-order valence-electron chi connectivity index (χ0n) is 13.8. The number of aromatic nitrogens is 3. The summed E-state index contributed by atoms with van der Waals surface area (Å²) in [6.45, 7) is 2.00. The van der Waals surface area contributed by atoms with E-state index in [0.717, 1.165) is 21.3 Å². The number of carbonyl (C=O) groups is 1. The van der Waals surface area contributed by atoms with Crippen LogP contribution in [0.3, 0.4) is 0 Å². The molecule has 0 saturated carbocycles. The molecule has 1 amide bonds. The summed E-state index contributed by atoms with van der Waals surface area (Å²) in [7, 11) is 0. The largest absolute Gasteiger partial charge is 0.411 e. The van der Waals surface area contributed by atoms with Gasteiger partial charge in [0.05, 0.1) is 16.0 Å². The molecule has 0 bridgehead atoms. The normalized spacial score (nSPS) is 11.0. The van der Waals surface area contributed by atoms with E-state index in [2.05, 4.69) is 20.5 Å². The minimum Gasteiger partial charge on any atom is -0.411 e. The Bertz CT molecular complexity index is 1040. The van der Waals surface area contributed by atoms with Gasteiger partial charge in [-0.15, -0.1) is 10.2 Å². The van der Waals surface area contributed by atoms with Crippen LogP contribution in [-0.4, -0.2) is 26.8 Å². The van der Waals surface area contributed by atoms with Gasteiger partial charge in [-0.1, -0.05) is 52.9 Å². The minimum absolute atomic E-state index is 0.163. The summed E-state index contributed by atoms with van der Waals surface area (Å²) in [4.78, 5) is 16.5. The van der Waals surface area contributed by atoms with Crippen molar-refractivity contribution in [2.45, 2.75) is 12.1 Å². The molecule has 130 valence electrons. The highest BCUT2D eigenvalue weighted by atomic mass is 32.2. The summed E-state index contributed by atoms with van der Waals surface area (Å²) in [6.07, 6.45) is 0. The van der Waals surface area contributed by atoms with Crippen molar-refractivity contribution in [2.24, 2.45) is 0 Å². The van der Waals surface area contributed by atoms with Gasteiger partial charge in [-0.05, 0) is 31.2 Å². The van der Waals surface area contributed by atoms with Gasteiger partial charge in [0.1, 0.15) is 0 Å². The number of hydrogen-bond donors (Lipinski definition) is 1. The van der Waals surface area contributed by atoms with E-state index < -0.39 is 0 Å². The summed E-state index contributed by atoms with van der Waals surface area (Å²) >= 11 is 2.65. The predicted octanol–water partition coefficient (Wildman–Crippen LogP) is 4.39. The minimum atomic E-state index is -0.163. The van der Waals surface area contributed by atoms with E-state index in [1.54, 1.807) is 0 Å². The first-order chi connectivity index (χ1) is 12.7. The summed E-state index contributed by atoms with van der Waals surface area (Å²) in [5.41, 5.74) is 2.86. The summed E-state index contributed by atoms with van der Waals surface area (Å²) in [6, 6.07) is 15.6. The van der Waals surface area contributed by atoms with E-state index in [9.17, 15) is 4.79 Å². The smallest absolute Gasteiger partial charge is 0.277 e. The van der Waals surface area contributed by atoms with Crippen molar-refractivity contribution in [3.05, 3.63) is 54.1 Å². The quantitative estimate of drug-likeness (QED) is 0.516. The maximum atomic E-state index is 12.1. The molecule has 0 spiro atoms. The third-order valence-corrected chi connectivity index (χ3v) is 5.31. The van der Waals surface area contributed by atoms with Crippen molar-refractivity contribution in [1.29, 1.82) is 0 Å². The van der Waals surface area contributed by atoms with Crippen LogP contribution in [0, 0.1) is 6.92 Å². The Morgan fingerprint density at radius 2 is 2.08 bits per heavy atom. The number of nitrogens with zero attached hydrogens (tertiary/aromatic N) is 3. The zero-order chi connectivity index (χ0) is 17.9. The van der Waals surface area contributed by atoms with Gasteiger partial charge in [0, 0.05) is 5.56 Å². The Balaban J connectivity index is 1.37. The van der Waals surface area contributed by atoms with Gasteiger partial charge in [0.25, 0.3) is 5.22 Å². The molecule has 0 radical (unpaired) electrons. The second-order valence-electron chi connectivity index (χ2n) is 5.57. The van der Waals surface area contributed by atoms with Crippen LogP contribution in [0.15, 0.2) is 58.2 Å². The molecular weight excluding hydrogens is 368 g/mol. The predicted molar refractivity (Wildman–Crippen MR) is 103 cm³/mol. The van der Waals surface area contributed by atoms with E-state index >= 15 is 0 Å². The van der Waals surface area contributed by atoms with Gasteiger partial charge >= 0.3 is 0 Å². The van der Waals surface area contributed by atoms with Crippen LogP contribution in [-0.2, 0) is 4.79 Å². The molecule has 0 atom stereocenters. The third kappa shape index (κ3) is 3.76. The lowest BCUT2D eigenvalue weighted by Gasteiger charge is -1.99. The SMILES string of the molecule is Cc1cccc(-c2nnc(SCC(=O)Nc3nc4ccccc4s3)o2)c1. The van der Waals surface area contributed by atoms with Crippen LogP contribution in [0.1, 0.15) is 5.56 Å². The fraction of sp³-hybridized carbons (Fsp3) is 0.111. The van der Waals surface area contributed by atoms with E-state index in [1.165, 1.54) is 23.1 Å². The van der Waals surface area contributed by atoms with Crippen LogP contribution < -0.4 is 5.32 Å². The molecule has 1 N–H and O–H groups in total. The number of para-hydroxylation sites is 1. The number of aryl methyl sites for hydroxylation is 1. The van der Waals surface area contributed by atoms with Crippen molar-refractivity contribution >= 4 is 44.4 Å². The standard InChI is InChI=1S/C18H14N4O2S2/c1-11-5-4-6-12(9-11)16-21-22-18(24-16)25-10-15(23)20-17-19-13-7-2-3-8-14(13)26-17/h2-9H,10H2,1H3,(H,19,20,23). The van der Waals surface area contributed by atoms with E-state index in [4.69, 9.17) is 4.42 Å². The van der Waals surface area contributed by atoms with Crippen molar-refractivity contribution < 1.29 is 9.21 Å². The maximum Gasteiger partial charge on any atom is 0.277 e. The second-order valence-corrected chi connectivity index (χ2v) is 7.52. The molecule has 0 saturated heterocycles. The first-order valence-electron chi connectivity index (χ1n) is 7.86. The number of hydrogen-bond acceptors (Lipinski definition) is 7. The summed E-state index contributed by atoms with van der Waals surface area (Å²) in [5.74, 6) is 0.456. The van der Waals surface area contributed by atoms with Crippen LogP contribution in [0.2, 0.25) is 0 Å². The van der Waals surface area contributed by atoms with Crippen LogP contribution in [0.4, 0.5) is 5.13 Å². The lowest BCUT2D eigenvalue weighted by atomic mass is 10.1. The maximum absolute atomic E-state index is 12.1. The molecule has 6 nitrogen and oxygen atoms in total. The van der Waals surface area contributed by atoms with Gasteiger partial charge in [-0.3, -0.25) is 4.79 Å². The van der Waals surface area contributed by atoms with Crippen molar-refractivity contribution in [3.8, 4) is 11.5 Å². The molecular formula is C18H14N4O2S2. The fourth-order valence-electron chi connectivity index (χ4n) is 2.37. The van der Waals surface area contributed by atoms with Gasteiger partial charge in [-0.25, -0.2) is 4.98 Å². The van der Waals surface area contributed by atoms with E-state index in [-0.39, 0.29) is 11.7 Å². The number of fused-ring (bicyclic) bond motifs is 1. The van der Waals surface area contributed by atoms with Crippen molar-refractivity contribution in [1.82, 2.24) is 15.2 Å². The molecule has 0 aliphatic carbocycles. The Morgan fingerprint density at radius 3 is 2.92 bits per heavy atom. The molecule has 0 aliphatic rings. The van der Waals surface area contributed by atoms with Crippen molar-refractivity contribution in [3.63, 3.8) is 0 Å². The number of carbonyl (C=O) groups excluding carboxylic acids is 1. The highest BCUT2D eigenvalue weighted by Gasteiger charge is 2.13. The molecule has 26 heavy (non-hydrogen) atoms. The number of nitrogens with one attached hydrogen (secondary N) is 1. The Hall–Kier alpha value is -2.71. The topological polar surface area (TPSA) is 80.9 Å². The zero-order valence-corrected chi connectivity index (χ0v) is 15.4. The molecule has 2 aromatic carbocycles. The van der Waals surface area contributed by atoms with Crippen LogP contribution >= 0.6 is 23.1 Å². The molecule has 0 unspecified atom stereocenters. The molecule has 0 aliphatic heterocycles. The van der Waals surface area contributed by atoms with Crippen LogP contribution in [0.25, 0.3) is 21.7 Å². The lowest BCUT2D eigenvalue weighted by molar-refractivity contribution is -0.113. The lowest BCUT2D eigenvalue weighted by Crippen LogP contribution is -2.13. The molecule has 2 aromatic heterocycles. The molecule has 4 rings (SSSR count). The first-order valence-corrected chi connectivity index (χ1v) is 9.66. The molecule has 8 heteroatoms. The molecule has 4 aromatic rings. The average molecular weight is 382 g/mol. The van der Waals surface area contributed by atoms with Gasteiger partial charge in [-0.2, -0.15) is 0 Å². The molecule has 2 heterocycles. The van der Waals surface area contributed by atoms with E-state index in [1.807, 2.05) is 55.5 Å². The second kappa shape index (κ2) is 7.27. The van der Waals surface area contributed by atoms with Gasteiger partial charge in [0.2, 0.25) is 11.8 Å². The van der Waals surface area contributed by atoms with Gasteiger partial charge in [0.15, 0.2) is 5.13 Å². The Morgan fingerprint density at radius 1 is 1.19 bits per heavy atom. The van der Waals surface area contributed by atoms with Gasteiger partial charge < -0.3 is 9.73 Å². The highest BCUT2D eigenvalue weighted by molar-refractivity contribution is 7.99. The number of benzene rings is 2. The third-order valence-electron chi connectivity index (χ3n) is 3.54. The Labute approximate surface area is 157 Å². The Kier molecular flexibility index (Phi) is 4.68. The van der Waals surface area contributed by atoms with E-state index in [0.29, 0.717) is 16.2 Å². The number of amides is 1. The number of thiazole rings is 1. The number of thioether (sulfide) groups is 1. The number of anilines is 1. The summed E-state index contributed by atoms with van der Waals surface area (Å²) in [5, 5.41) is 11.8. The summed E-state index contributed by atoms with van der Waals surface area (Å²) < 4.78 is 6.66. The molecule has 0 fully saturated rings. The fourth-order valence-corrected chi connectivity index (χ4v) is 3.82. The van der Waals surface area contributed by atoms with Crippen molar-refractivity contribution in [2.75, 3.05) is 11.1 Å². The van der Waals surface area contributed by atoms with Crippen LogP contribution in [0.5, 0.6) is 0 Å².